The zero-order valence-corrected chi connectivity index (χ0v) is 18.1. The van der Waals surface area contributed by atoms with E-state index in [2.05, 4.69) is 10.6 Å². The van der Waals surface area contributed by atoms with Gasteiger partial charge in [0, 0.05) is 17.1 Å². The molecule has 0 aliphatic carbocycles. The monoisotopic (exact) mass is 466 g/mol. The molecule has 0 unspecified atom stereocenters. The number of carbonyl (C=O) groups excluding carboxylic acids is 4. The van der Waals surface area contributed by atoms with Crippen molar-refractivity contribution >= 4 is 58.3 Å². The Kier molecular flexibility index (Phi) is 9.30. The molecule has 0 aliphatic heterocycles. The number of carbonyl (C=O) groups is 4. The van der Waals surface area contributed by atoms with Gasteiger partial charge in [0.1, 0.15) is 0 Å². The van der Waals surface area contributed by atoms with Gasteiger partial charge in [-0.2, -0.15) is 0 Å². The number of amides is 2. The van der Waals surface area contributed by atoms with E-state index in [0.29, 0.717) is 22.0 Å². The number of rotatable bonds is 9. The lowest BCUT2D eigenvalue weighted by Crippen LogP contribution is -2.22. The summed E-state index contributed by atoms with van der Waals surface area (Å²) in [6, 6.07) is 10.7. The Morgan fingerprint density at radius 2 is 1.58 bits per heavy atom. The summed E-state index contributed by atoms with van der Waals surface area (Å²) in [7, 11) is 0. The molecular weight excluding hydrogens is 447 g/mol. The molecule has 0 atom stereocenters. The summed E-state index contributed by atoms with van der Waals surface area (Å²) in [6.45, 7) is 1.45. The molecule has 8 nitrogen and oxygen atoms in total. The van der Waals surface area contributed by atoms with E-state index in [9.17, 15) is 19.2 Å². The van der Waals surface area contributed by atoms with Gasteiger partial charge in [0.05, 0.1) is 29.3 Å². The van der Waals surface area contributed by atoms with Crippen LogP contribution in [0.15, 0.2) is 42.5 Å². The van der Waals surface area contributed by atoms with E-state index in [1.807, 2.05) is 0 Å². The normalized spacial score (nSPS) is 10.2. The largest absolute Gasteiger partial charge is 0.462 e. The van der Waals surface area contributed by atoms with Crippen LogP contribution in [0.3, 0.4) is 0 Å². The Labute approximate surface area is 188 Å². The highest BCUT2D eigenvalue weighted by molar-refractivity contribution is 6.35. The molecule has 10 heteroatoms. The zero-order chi connectivity index (χ0) is 22.8. The van der Waals surface area contributed by atoms with Crippen LogP contribution in [-0.4, -0.2) is 37.0 Å². The molecule has 0 aromatic heterocycles. The highest BCUT2D eigenvalue weighted by Gasteiger charge is 2.13. The predicted molar refractivity (Wildman–Crippen MR) is 116 cm³/mol. The number of halogens is 2. The van der Waals surface area contributed by atoms with Gasteiger partial charge >= 0.3 is 11.9 Å². The fraction of sp³-hybridized carbons (Fsp3) is 0.238. The Hall–Kier alpha value is -3.10. The van der Waals surface area contributed by atoms with Crippen LogP contribution in [0, 0.1) is 0 Å². The third-order valence-corrected chi connectivity index (χ3v) is 4.37. The van der Waals surface area contributed by atoms with Gasteiger partial charge in [-0.05, 0) is 49.4 Å². The van der Waals surface area contributed by atoms with Crippen LogP contribution in [0.25, 0.3) is 0 Å². The molecule has 0 saturated carbocycles. The Bertz CT molecular complexity index is 963. The zero-order valence-electron chi connectivity index (χ0n) is 16.6. The van der Waals surface area contributed by atoms with Crippen molar-refractivity contribution in [2.24, 2.45) is 0 Å². The molecule has 164 valence electrons. The highest BCUT2D eigenvalue weighted by Crippen LogP contribution is 2.25. The van der Waals surface area contributed by atoms with E-state index in [0.717, 1.165) is 0 Å². The standard InChI is InChI=1S/C21H20Cl2N2O6/c1-2-30-21(29)13-3-6-15(7-4-13)24-18(26)9-10-20(28)31-12-19(27)25-17-11-14(22)5-8-16(17)23/h3-8,11H,2,9-10,12H2,1H3,(H,24,26)(H,25,27). The Morgan fingerprint density at radius 1 is 0.871 bits per heavy atom. The van der Waals surface area contributed by atoms with Gasteiger partial charge < -0.3 is 20.1 Å². The topological polar surface area (TPSA) is 111 Å². The van der Waals surface area contributed by atoms with Gasteiger partial charge in [-0.15, -0.1) is 0 Å². The molecule has 2 N–H and O–H groups in total. The van der Waals surface area contributed by atoms with E-state index in [4.69, 9.17) is 32.7 Å². The summed E-state index contributed by atoms with van der Waals surface area (Å²) in [4.78, 5) is 47.2. The molecule has 0 radical (unpaired) electrons. The number of anilines is 2. The van der Waals surface area contributed by atoms with E-state index < -0.39 is 30.4 Å². The van der Waals surface area contributed by atoms with Crippen molar-refractivity contribution < 1.29 is 28.7 Å². The van der Waals surface area contributed by atoms with E-state index in [-0.39, 0.29) is 24.5 Å². The molecule has 2 aromatic rings. The first-order valence-electron chi connectivity index (χ1n) is 9.26. The first-order valence-corrected chi connectivity index (χ1v) is 10.0. The molecule has 2 rings (SSSR count). The number of benzene rings is 2. The van der Waals surface area contributed by atoms with Gasteiger partial charge in [0.25, 0.3) is 5.91 Å². The first-order chi connectivity index (χ1) is 14.8. The SMILES string of the molecule is CCOC(=O)c1ccc(NC(=O)CCC(=O)OCC(=O)Nc2cc(Cl)ccc2Cl)cc1. The maximum Gasteiger partial charge on any atom is 0.338 e. The fourth-order valence-electron chi connectivity index (χ4n) is 2.34. The number of ether oxygens (including phenoxy) is 2. The summed E-state index contributed by atoms with van der Waals surface area (Å²) in [5.41, 5.74) is 1.12. The van der Waals surface area contributed by atoms with Crippen LogP contribution >= 0.6 is 23.2 Å². The Balaban J connectivity index is 1.72. The average Bonchev–Trinajstić information content (AvgIpc) is 2.74. The van der Waals surface area contributed by atoms with Gasteiger partial charge in [-0.3, -0.25) is 14.4 Å². The minimum atomic E-state index is -0.708. The maximum absolute atomic E-state index is 12.0. The summed E-state index contributed by atoms with van der Waals surface area (Å²) in [6.07, 6.45) is -0.349. The quantitative estimate of drug-likeness (QED) is 0.538. The van der Waals surface area contributed by atoms with Gasteiger partial charge in [-0.1, -0.05) is 23.2 Å². The Morgan fingerprint density at radius 3 is 2.26 bits per heavy atom. The van der Waals surface area contributed by atoms with Gasteiger partial charge in [-0.25, -0.2) is 4.79 Å². The molecule has 2 aromatic carbocycles. The number of hydrogen-bond donors (Lipinski definition) is 2. The van der Waals surface area contributed by atoms with Gasteiger partial charge in [0.2, 0.25) is 5.91 Å². The lowest BCUT2D eigenvalue weighted by atomic mass is 10.2. The summed E-state index contributed by atoms with van der Waals surface area (Å²) in [5.74, 6) is -2.18. The molecule has 2 amide bonds. The molecule has 0 heterocycles. The fourth-order valence-corrected chi connectivity index (χ4v) is 2.68. The summed E-state index contributed by atoms with van der Waals surface area (Å²) in [5, 5.41) is 5.75. The molecule has 0 bridgehead atoms. The summed E-state index contributed by atoms with van der Waals surface area (Å²) >= 11 is 11.8. The smallest absolute Gasteiger partial charge is 0.338 e. The molecule has 0 aliphatic rings. The number of esters is 2. The second kappa shape index (κ2) is 11.9. The van der Waals surface area contributed by atoms with Crippen molar-refractivity contribution in [1.29, 1.82) is 0 Å². The average molecular weight is 467 g/mol. The van der Waals surface area contributed by atoms with Crippen molar-refractivity contribution in [3.63, 3.8) is 0 Å². The van der Waals surface area contributed by atoms with Gasteiger partial charge in [0.15, 0.2) is 6.61 Å². The van der Waals surface area contributed by atoms with Crippen molar-refractivity contribution in [2.45, 2.75) is 19.8 Å². The van der Waals surface area contributed by atoms with Crippen LogP contribution in [0.5, 0.6) is 0 Å². The van der Waals surface area contributed by atoms with Crippen molar-refractivity contribution in [1.82, 2.24) is 0 Å². The van der Waals surface area contributed by atoms with E-state index >= 15 is 0 Å². The van der Waals surface area contributed by atoms with Crippen molar-refractivity contribution in [2.75, 3.05) is 23.8 Å². The van der Waals surface area contributed by atoms with Crippen LogP contribution in [-0.2, 0) is 23.9 Å². The molecular formula is C21H20Cl2N2O6. The third-order valence-electron chi connectivity index (χ3n) is 3.80. The first kappa shape index (κ1) is 24.2. The number of hydrogen-bond acceptors (Lipinski definition) is 6. The summed E-state index contributed by atoms with van der Waals surface area (Å²) < 4.78 is 9.73. The predicted octanol–water partition coefficient (Wildman–Crippen LogP) is 4.07. The third kappa shape index (κ3) is 8.27. The molecule has 0 saturated heterocycles. The van der Waals surface area contributed by atoms with Crippen LogP contribution in [0.4, 0.5) is 11.4 Å². The van der Waals surface area contributed by atoms with Crippen molar-refractivity contribution in [3.8, 4) is 0 Å². The minimum absolute atomic E-state index is 0.139. The molecule has 31 heavy (non-hydrogen) atoms. The lowest BCUT2D eigenvalue weighted by Gasteiger charge is -2.09. The highest BCUT2D eigenvalue weighted by atomic mass is 35.5. The van der Waals surface area contributed by atoms with Crippen molar-refractivity contribution in [3.05, 3.63) is 58.1 Å². The molecule has 0 fully saturated rings. The second-order valence-corrected chi connectivity index (χ2v) is 7.02. The van der Waals surface area contributed by atoms with Crippen LogP contribution in [0.2, 0.25) is 10.0 Å². The maximum atomic E-state index is 12.0. The lowest BCUT2D eigenvalue weighted by molar-refractivity contribution is -0.147. The number of nitrogens with one attached hydrogen (secondary N) is 2. The van der Waals surface area contributed by atoms with Crippen LogP contribution in [0.1, 0.15) is 30.1 Å². The molecule has 0 spiro atoms. The van der Waals surface area contributed by atoms with Crippen LogP contribution < -0.4 is 10.6 Å². The second-order valence-electron chi connectivity index (χ2n) is 6.18. The van der Waals surface area contributed by atoms with E-state index in [1.54, 1.807) is 25.1 Å². The van der Waals surface area contributed by atoms with E-state index in [1.165, 1.54) is 24.3 Å². The minimum Gasteiger partial charge on any atom is -0.462 e.